The molecule has 5 nitrogen and oxygen atoms in total. The number of carbonyl (C=O) groups excluding carboxylic acids is 2. The first-order valence-electron chi connectivity index (χ1n) is 15.7. The Morgan fingerprint density at radius 3 is 1.77 bits per heavy atom. The zero-order valence-corrected chi connectivity index (χ0v) is 25.7. The third-order valence-electron chi connectivity index (χ3n) is 10.4. The van der Waals surface area contributed by atoms with Gasteiger partial charge in [0.2, 0.25) is 0 Å². The molecule has 4 bridgehead atoms. The average Bonchev–Trinajstić information content (AvgIpc) is 3.04. The van der Waals surface area contributed by atoms with Crippen LogP contribution in [0.5, 0.6) is 17.2 Å². The van der Waals surface area contributed by atoms with Crippen molar-refractivity contribution in [3.05, 3.63) is 108 Å². The van der Waals surface area contributed by atoms with Crippen molar-refractivity contribution in [1.29, 1.82) is 0 Å². The van der Waals surface area contributed by atoms with Gasteiger partial charge in [0.1, 0.15) is 22.8 Å². The van der Waals surface area contributed by atoms with E-state index < -0.39 is 10.9 Å². The smallest absolute Gasteiger partial charge is 0.344 e. The maximum atomic E-state index is 13.1. The van der Waals surface area contributed by atoms with Crippen molar-refractivity contribution in [1.82, 2.24) is 0 Å². The van der Waals surface area contributed by atoms with Crippen LogP contribution >= 0.6 is 10.9 Å². The largest absolute Gasteiger partial charge is 0.482 e. The van der Waals surface area contributed by atoms with Gasteiger partial charge in [-0.25, -0.2) is 4.79 Å². The van der Waals surface area contributed by atoms with E-state index >= 15 is 0 Å². The number of ether oxygens (including phenoxy) is 3. The first kappa shape index (κ1) is 27.5. The summed E-state index contributed by atoms with van der Waals surface area (Å²) in [5.41, 5.74) is 1.23. The normalized spacial score (nSPS) is 26.9. The lowest BCUT2D eigenvalue weighted by Gasteiger charge is -2.59. The van der Waals surface area contributed by atoms with Crippen LogP contribution in [0.1, 0.15) is 54.9 Å². The molecule has 0 aromatic heterocycles. The molecule has 0 saturated heterocycles. The van der Waals surface area contributed by atoms with Crippen LogP contribution in [-0.2, 0) is 9.53 Å². The van der Waals surface area contributed by atoms with Gasteiger partial charge in [0.25, 0.3) is 0 Å². The summed E-state index contributed by atoms with van der Waals surface area (Å²) in [6.45, 7) is 2.07. The van der Waals surface area contributed by atoms with Crippen LogP contribution in [0.15, 0.2) is 112 Å². The van der Waals surface area contributed by atoms with Gasteiger partial charge >= 0.3 is 5.97 Å². The van der Waals surface area contributed by atoms with Crippen LogP contribution in [0.4, 0.5) is 0 Å². The Morgan fingerprint density at radius 1 is 0.705 bits per heavy atom. The molecule has 1 heterocycles. The molecule has 4 fully saturated rings. The number of carbonyl (C=O) groups is 2. The fourth-order valence-electron chi connectivity index (χ4n) is 8.38. The molecule has 44 heavy (non-hydrogen) atoms. The Balaban J connectivity index is 0.905. The molecule has 4 saturated carbocycles. The molecule has 6 heteroatoms. The molecule has 1 aliphatic heterocycles. The van der Waals surface area contributed by atoms with Gasteiger partial charge in [-0.1, -0.05) is 24.3 Å². The lowest BCUT2D eigenvalue weighted by Crippen LogP contribution is -2.58. The topological polar surface area (TPSA) is 61.8 Å². The first-order valence-corrected chi connectivity index (χ1v) is 17.0. The zero-order chi connectivity index (χ0) is 29.8. The lowest BCUT2D eigenvalue weighted by molar-refractivity contribution is -0.204. The summed E-state index contributed by atoms with van der Waals surface area (Å²) in [4.78, 5) is 29.3. The summed E-state index contributed by atoms with van der Waals surface area (Å²) < 4.78 is 18.1. The highest BCUT2D eigenvalue weighted by Crippen LogP contribution is 2.60. The van der Waals surface area contributed by atoms with Crippen LogP contribution in [-0.4, -0.2) is 24.0 Å². The summed E-state index contributed by atoms with van der Waals surface area (Å²) in [5.74, 6) is 4.47. The SMILES string of the molecule is CC1(OC(=O)COc2ccc(Oc3ccc([SH]4c5ccccc5C(=O)c5ccccc54)cc3)cc2)C2CC3CC(C2)CC1C3. The number of thiol groups is 1. The molecule has 224 valence electrons. The molecule has 0 N–H and O–H groups in total. The average molecular weight is 605 g/mol. The van der Waals surface area contributed by atoms with Gasteiger partial charge in [-0.05, 0) is 140 Å². The van der Waals surface area contributed by atoms with Gasteiger partial charge in [-0.3, -0.25) is 4.79 Å². The quantitative estimate of drug-likeness (QED) is 0.149. The minimum atomic E-state index is -0.854. The van der Waals surface area contributed by atoms with Crippen molar-refractivity contribution in [3.63, 3.8) is 0 Å². The second kappa shape index (κ2) is 10.8. The molecule has 0 amide bonds. The Morgan fingerprint density at radius 2 is 1.20 bits per heavy atom. The van der Waals surface area contributed by atoms with E-state index in [0.29, 0.717) is 23.3 Å². The monoisotopic (exact) mass is 604 g/mol. The van der Waals surface area contributed by atoms with Gasteiger partial charge in [-0.15, -0.1) is 0 Å². The number of benzene rings is 4. The number of ketones is 1. The van der Waals surface area contributed by atoms with E-state index in [1.165, 1.54) is 32.1 Å². The summed E-state index contributed by atoms with van der Waals surface area (Å²) >= 11 is 0. The highest BCUT2D eigenvalue weighted by Gasteiger charge is 2.57. The summed E-state index contributed by atoms with van der Waals surface area (Å²) in [7, 11) is -0.854. The Kier molecular flexibility index (Phi) is 6.78. The zero-order valence-electron chi connectivity index (χ0n) is 24.8. The highest BCUT2D eigenvalue weighted by molar-refractivity contribution is 8.17. The Hall–Kier alpha value is -4.03. The number of hydrogen-bond donors (Lipinski definition) is 1. The fraction of sp³-hybridized carbons (Fsp3) is 0.316. The third kappa shape index (κ3) is 4.80. The molecule has 4 aromatic carbocycles. The van der Waals surface area contributed by atoms with E-state index in [4.69, 9.17) is 14.2 Å². The molecule has 9 rings (SSSR count). The van der Waals surface area contributed by atoms with E-state index in [0.717, 1.165) is 43.4 Å². The van der Waals surface area contributed by atoms with E-state index in [9.17, 15) is 9.59 Å². The van der Waals surface area contributed by atoms with E-state index in [-0.39, 0.29) is 24.0 Å². The van der Waals surface area contributed by atoms with Crippen LogP contribution < -0.4 is 9.47 Å². The molecule has 4 aliphatic carbocycles. The fourth-order valence-corrected chi connectivity index (χ4v) is 10.9. The van der Waals surface area contributed by atoms with Crippen molar-refractivity contribution in [3.8, 4) is 17.2 Å². The molecule has 0 spiro atoms. The van der Waals surface area contributed by atoms with Gasteiger partial charge in [0.05, 0.1) is 0 Å². The van der Waals surface area contributed by atoms with Crippen molar-refractivity contribution >= 4 is 22.6 Å². The van der Waals surface area contributed by atoms with Crippen LogP contribution in [0.2, 0.25) is 0 Å². The van der Waals surface area contributed by atoms with Crippen LogP contribution in [0, 0.1) is 23.7 Å². The molecular weight excluding hydrogens is 568 g/mol. The van der Waals surface area contributed by atoms with Gasteiger partial charge in [0, 0.05) is 20.9 Å². The first-order chi connectivity index (χ1) is 21.4. The Bertz CT molecular complexity index is 1650. The number of esters is 1. The molecule has 0 unspecified atom stereocenters. The molecule has 0 atom stereocenters. The van der Waals surface area contributed by atoms with Crippen molar-refractivity contribution in [2.75, 3.05) is 6.61 Å². The maximum absolute atomic E-state index is 13.1. The van der Waals surface area contributed by atoms with Crippen molar-refractivity contribution in [2.45, 2.75) is 59.3 Å². The van der Waals surface area contributed by atoms with E-state index in [2.05, 4.69) is 31.2 Å². The predicted octanol–water partition coefficient (Wildman–Crippen LogP) is 8.64. The van der Waals surface area contributed by atoms with Crippen molar-refractivity contribution < 1.29 is 23.8 Å². The van der Waals surface area contributed by atoms with Crippen LogP contribution in [0.3, 0.4) is 0 Å². The Labute approximate surface area is 260 Å². The lowest BCUT2D eigenvalue weighted by atomic mass is 9.50. The summed E-state index contributed by atoms with van der Waals surface area (Å²) in [6.07, 6.45) is 6.18. The predicted molar refractivity (Wildman–Crippen MR) is 170 cm³/mol. The second-order valence-electron chi connectivity index (χ2n) is 13.0. The minimum absolute atomic E-state index is 0.0929. The maximum Gasteiger partial charge on any atom is 0.344 e. The highest BCUT2D eigenvalue weighted by atomic mass is 32.2. The van der Waals surface area contributed by atoms with Crippen molar-refractivity contribution in [2.24, 2.45) is 23.7 Å². The number of rotatable bonds is 7. The molecule has 4 aromatic rings. The third-order valence-corrected chi connectivity index (χ3v) is 12.9. The second-order valence-corrected chi connectivity index (χ2v) is 15.2. The number of hydrogen-bond acceptors (Lipinski definition) is 5. The van der Waals surface area contributed by atoms with Gasteiger partial charge in [0.15, 0.2) is 12.4 Å². The molecule has 5 aliphatic rings. The molecule has 0 radical (unpaired) electrons. The van der Waals surface area contributed by atoms with E-state index in [1.54, 1.807) is 0 Å². The minimum Gasteiger partial charge on any atom is -0.482 e. The summed E-state index contributed by atoms with van der Waals surface area (Å²) in [6, 6.07) is 31.4. The van der Waals surface area contributed by atoms with Gasteiger partial charge in [-0.2, -0.15) is 10.9 Å². The summed E-state index contributed by atoms with van der Waals surface area (Å²) in [5, 5.41) is 0. The molecular formula is C38H36O5S. The number of fused-ring (bicyclic) bond motifs is 2. The standard InChI is InChI=1S/C38H36O5S/c1-38(26-19-24-18-25(21-26)22-27(38)20-24)43-36(39)23-41-28-10-12-29(13-11-28)42-30-14-16-31(17-15-30)44-34-8-4-2-6-32(34)37(40)33-7-3-5-9-35(33)44/h2-17,24-27,44H,18-23H2,1H3. The van der Waals surface area contributed by atoms with E-state index in [1.807, 2.05) is 72.8 Å². The van der Waals surface area contributed by atoms with Gasteiger partial charge < -0.3 is 14.2 Å². The van der Waals surface area contributed by atoms with Crippen LogP contribution in [0.25, 0.3) is 0 Å².